The van der Waals surface area contributed by atoms with Gasteiger partial charge in [0.05, 0.1) is 6.26 Å². The van der Waals surface area contributed by atoms with Crippen LogP contribution in [0, 0.1) is 0 Å². The number of azo groups is 2. The van der Waals surface area contributed by atoms with Gasteiger partial charge in [-0.25, -0.2) is 0 Å². The zero-order valence-electron chi connectivity index (χ0n) is 6.35. The van der Waals surface area contributed by atoms with E-state index in [2.05, 4.69) is 20.5 Å². The average Bonchev–Trinajstić information content (AvgIpc) is 2.39. The second kappa shape index (κ2) is 3.60. The van der Waals surface area contributed by atoms with E-state index in [0.29, 0.717) is 11.6 Å². The molecule has 0 saturated heterocycles. The Morgan fingerprint density at radius 3 is 2.55 bits per heavy atom. The predicted octanol–water partition coefficient (Wildman–Crippen LogP) is 2.71. The van der Waals surface area contributed by atoms with E-state index in [1.165, 1.54) is 6.26 Å². The van der Waals surface area contributed by atoms with Crippen LogP contribution in [0.5, 0.6) is 0 Å². The Morgan fingerprint density at radius 1 is 1.18 bits per heavy atom. The Hall–Kier alpha value is -1.52. The van der Waals surface area contributed by atoms with Crippen LogP contribution in [-0.4, -0.2) is 14.1 Å². The second-order valence-corrected chi connectivity index (χ2v) is 1.71. The number of rotatable bonds is 2. The molecule has 5 nitrogen and oxygen atoms in total. The van der Waals surface area contributed by atoms with Crippen LogP contribution in [0.1, 0.15) is 0 Å². The third kappa shape index (κ3) is 1.70. The Kier molecular flexibility index (Phi) is 2.48. The van der Waals surface area contributed by atoms with Gasteiger partial charge in [0.2, 0.25) is 0 Å². The first-order valence-electron chi connectivity index (χ1n) is 3.05. The number of nitrogens with zero attached hydrogens (tertiary/aromatic N) is 4. The summed E-state index contributed by atoms with van der Waals surface area (Å²) in [5.41, 5.74) is 0.595. The van der Waals surface area contributed by atoms with E-state index < -0.39 is 0 Å². The lowest BCUT2D eigenvalue weighted by molar-refractivity contribution is 0.572. The van der Waals surface area contributed by atoms with E-state index >= 15 is 0 Å². The van der Waals surface area contributed by atoms with Gasteiger partial charge in [-0.3, -0.25) is 0 Å². The van der Waals surface area contributed by atoms with Crippen molar-refractivity contribution in [2.75, 3.05) is 14.1 Å². The minimum atomic E-state index is 0.387. The second-order valence-electron chi connectivity index (χ2n) is 1.71. The molecule has 1 aromatic heterocycles. The first kappa shape index (κ1) is 7.59. The number of hydrogen-bond donors (Lipinski definition) is 0. The fraction of sp³-hybridized carbons (Fsp3) is 0.333. The molecule has 0 aliphatic heterocycles. The van der Waals surface area contributed by atoms with Gasteiger partial charge in [0.25, 0.3) is 5.88 Å². The summed E-state index contributed by atoms with van der Waals surface area (Å²) in [6.07, 6.45) is 1.49. The fourth-order valence-electron chi connectivity index (χ4n) is 0.644. The highest BCUT2D eigenvalue weighted by molar-refractivity contribution is 5.53. The van der Waals surface area contributed by atoms with Gasteiger partial charge in [0.15, 0.2) is 5.69 Å². The van der Waals surface area contributed by atoms with Crippen molar-refractivity contribution in [3.8, 4) is 0 Å². The summed E-state index contributed by atoms with van der Waals surface area (Å²) in [5, 5.41) is 14.6. The van der Waals surface area contributed by atoms with Gasteiger partial charge in [-0.1, -0.05) is 0 Å². The highest BCUT2D eigenvalue weighted by Gasteiger charge is 2.01. The highest BCUT2D eigenvalue weighted by atomic mass is 16.3. The van der Waals surface area contributed by atoms with Crippen molar-refractivity contribution in [1.82, 2.24) is 0 Å². The van der Waals surface area contributed by atoms with Crippen molar-refractivity contribution in [1.29, 1.82) is 0 Å². The van der Waals surface area contributed by atoms with Gasteiger partial charge < -0.3 is 4.42 Å². The third-order valence-electron chi connectivity index (χ3n) is 1.02. The zero-order chi connectivity index (χ0) is 8.10. The lowest BCUT2D eigenvalue weighted by Gasteiger charge is -1.83. The van der Waals surface area contributed by atoms with Gasteiger partial charge in [-0.05, 0) is 0 Å². The molecule has 0 spiro atoms. The Morgan fingerprint density at radius 2 is 1.91 bits per heavy atom. The largest absolute Gasteiger partial charge is 0.444 e. The molecule has 0 bridgehead atoms. The van der Waals surface area contributed by atoms with Crippen molar-refractivity contribution < 1.29 is 4.42 Å². The van der Waals surface area contributed by atoms with Crippen molar-refractivity contribution in [3.63, 3.8) is 0 Å². The van der Waals surface area contributed by atoms with E-state index in [-0.39, 0.29) is 0 Å². The smallest absolute Gasteiger partial charge is 0.265 e. The van der Waals surface area contributed by atoms with E-state index in [1.807, 2.05) is 0 Å². The van der Waals surface area contributed by atoms with Crippen LogP contribution in [0.2, 0.25) is 0 Å². The quantitative estimate of drug-likeness (QED) is 0.601. The first-order chi connectivity index (χ1) is 5.38. The zero-order valence-corrected chi connectivity index (χ0v) is 6.35. The Balaban J connectivity index is 2.95. The van der Waals surface area contributed by atoms with Crippen molar-refractivity contribution in [2.24, 2.45) is 20.5 Å². The summed E-state index contributed by atoms with van der Waals surface area (Å²) in [6, 6.07) is 1.68. The molecule has 5 heteroatoms. The maximum atomic E-state index is 4.94. The molecule has 0 atom stereocenters. The lowest BCUT2D eigenvalue weighted by Crippen LogP contribution is -1.55. The molecule has 0 aliphatic rings. The van der Waals surface area contributed by atoms with E-state index in [0.717, 1.165) is 0 Å². The SMILES string of the molecule is CN=Nc1ccoc1N=NC. The van der Waals surface area contributed by atoms with Gasteiger partial charge in [-0.15, -0.1) is 5.11 Å². The molecule has 0 unspecified atom stereocenters. The molecule has 0 N–H and O–H groups in total. The molecular weight excluding hydrogens is 144 g/mol. The van der Waals surface area contributed by atoms with Gasteiger partial charge >= 0.3 is 0 Å². The van der Waals surface area contributed by atoms with E-state index in [4.69, 9.17) is 4.42 Å². The standard InChI is InChI=1S/C6H8N4O/c1-7-9-5-3-4-11-6(5)10-8-2/h3-4H,1-2H3. The molecule has 0 fully saturated rings. The summed E-state index contributed by atoms with van der Waals surface area (Å²) in [7, 11) is 3.15. The van der Waals surface area contributed by atoms with Gasteiger partial charge in [-0.2, -0.15) is 15.3 Å². The highest BCUT2D eigenvalue weighted by Crippen LogP contribution is 2.28. The maximum Gasteiger partial charge on any atom is 0.265 e. The molecule has 11 heavy (non-hydrogen) atoms. The van der Waals surface area contributed by atoms with Crippen LogP contribution in [-0.2, 0) is 0 Å². The molecule has 0 amide bonds. The number of furan rings is 1. The van der Waals surface area contributed by atoms with Gasteiger partial charge in [0, 0.05) is 20.2 Å². The lowest BCUT2D eigenvalue weighted by atomic mass is 10.5. The first-order valence-corrected chi connectivity index (χ1v) is 3.05. The number of hydrogen-bond acceptors (Lipinski definition) is 5. The molecule has 0 aromatic carbocycles. The summed E-state index contributed by atoms with van der Waals surface area (Å²) in [5.74, 6) is 0.387. The minimum absolute atomic E-state index is 0.387. The molecule has 0 saturated carbocycles. The average molecular weight is 152 g/mol. The Bertz CT molecular complexity index is 249. The van der Waals surface area contributed by atoms with E-state index in [9.17, 15) is 0 Å². The van der Waals surface area contributed by atoms with E-state index in [1.54, 1.807) is 20.2 Å². The van der Waals surface area contributed by atoms with Crippen LogP contribution < -0.4 is 0 Å². The summed E-state index contributed by atoms with van der Waals surface area (Å²) < 4.78 is 4.94. The van der Waals surface area contributed by atoms with Crippen molar-refractivity contribution in [3.05, 3.63) is 12.3 Å². The summed E-state index contributed by atoms with van der Waals surface area (Å²) >= 11 is 0. The van der Waals surface area contributed by atoms with Crippen LogP contribution in [0.25, 0.3) is 0 Å². The van der Waals surface area contributed by atoms with Crippen molar-refractivity contribution >= 4 is 11.6 Å². The molecular formula is C6H8N4O. The molecule has 1 aromatic rings. The molecule has 0 aliphatic carbocycles. The van der Waals surface area contributed by atoms with Crippen molar-refractivity contribution in [2.45, 2.75) is 0 Å². The minimum Gasteiger partial charge on any atom is -0.444 e. The van der Waals surface area contributed by atoms with Crippen LogP contribution in [0.3, 0.4) is 0 Å². The van der Waals surface area contributed by atoms with Crippen LogP contribution in [0.15, 0.2) is 37.2 Å². The Labute approximate surface area is 63.8 Å². The normalized spacial score (nSPS) is 11.8. The fourth-order valence-corrected chi connectivity index (χ4v) is 0.644. The van der Waals surface area contributed by atoms with Crippen LogP contribution >= 0.6 is 0 Å². The molecule has 58 valence electrons. The molecule has 1 heterocycles. The topological polar surface area (TPSA) is 62.6 Å². The molecule has 0 radical (unpaired) electrons. The summed E-state index contributed by atoms with van der Waals surface area (Å²) in [4.78, 5) is 0. The monoisotopic (exact) mass is 152 g/mol. The van der Waals surface area contributed by atoms with Gasteiger partial charge in [0.1, 0.15) is 0 Å². The van der Waals surface area contributed by atoms with Crippen LogP contribution in [0.4, 0.5) is 11.6 Å². The predicted molar refractivity (Wildman–Crippen MR) is 39.6 cm³/mol. The maximum absolute atomic E-state index is 4.94. The molecule has 1 rings (SSSR count). The third-order valence-corrected chi connectivity index (χ3v) is 1.02. The summed E-state index contributed by atoms with van der Waals surface area (Å²) in [6.45, 7) is 0.